The molecule has 2 fully saturated rings. The summed E-state index contributed by atoms with van der Waals surface area (Å²) in [6.07, 6.45) is 2.28. The van der Waals surface area contributed by atoms with Crippen molar-refractivity contribution in [3.05, 3.63) is 0 Å². The van der Waals surface area contributed by atoms with Crippen molar-refractivity contribution < 1.29 is 4.79 Å². The summed E-state index contributed by atoms with van der Waals surface area (Å²) in [7, 11) is 0. The molecule has 3 unspecified atom stereocenters. The quantitative estimate of drug-likeness (QED) is 0.520. The van der Waals surface area contributed by atoms with Crippen molar-refractivity contribution in [3.8, 4) is 0 Å². The van der Waals surface area contributed by atoms with E-state index >= 15 is 0 Å². The summed E-state index contributed by atoms with van der Waals surface area (Å²) in [5, 5.41) is 0. The van der Waals surface area contributed by atoms with Gasteiger partial charge in [0.05, 0.1) is 0 Å². The van der Waals surface area contributed by atoms with Gasteiger partial charge in [-0.2, -0.15) is 0 Å². The third kappa shape index (κ3) is 0.935. The Balaban J connectivity index is 2.20. The van der Waals surface area contributed by atoms with Gasteiger partial charge < -0.3 is 0 Å². The Bertz CT molecular complexity index is 201. The van der Waals surface area contributed by atoms with E-state index in [4.69, 9.17) is 0 Å². The van der Waals surface area contributed by atoms with E-state index in [-0.39, 0.29) is 0 Å². The molecule has 0 aromatic carbocycles. The fourth-order valence-electron chi connectivity index (χ4n) is 2.78. The van der Waals surface area contributed by atoms with Crippen LogP contribution in [0.3, 0.4) is 0 Å². The van der Waals surface area contributed by atoms with Gasteiger partial charge in [0.2, 0.25) is 0 Å². The molecule has 1 heteroatoms. The van der Waals surface area contributed by atoms with Crippen LogP contribution in [0.5, 0.6) is 0 Å². The molecule has 0 aromatic rings. The van der Waals surface area contributed by atoms with E-state index < -0.39 is 0 Å². The molecule has 0 radical (unpaired) electrons. The number of hydrogen-bond donors (Lipinski definition) is 0. The number of carbonyl (C=O) groups excluding carboxylic acids is 1. The van der Waals surface area contributed by atoms with Gasteiger partial charge in [-0.25, -0.2) is 0 Å². The van der Waals surface area contributed by atoms with E-state index in [9.17, 15) is 4.79 Å². The molecule has 0 amide bonds. The largest absolute Gasteiger partial charge is 0.299 e. The van der Waals surface area contributed by atoms with Crippen molar-refractivity contribution in [2.24, 2.45) is 23.2 Å². The summed E-state index contributed by atoms with van der Waals surface area (Å²) < 4.78 is 0. The molecule has 0 saturated heterocycles. The van der Waals surface area contributed by atoms with Crippen molar-refractivity contribution in [2.75, 3.05) is 0 Å². The molecule has 11 heavy (non-hydrogen) atoms. The van der Waals surface area contributed by atoms with Crippen LogP contribution < -0.4 is 0 Å². The van der Waals surface area contributed by atoms with E-state index in [0.29, 0.717) is 23.0 Å². The Hall–Kier alpha value is -0.330. The Kier molecular flexibility index (Phi) is 1.25. The minimum Gasteiger partial charge on any atom is -0.299 e. The molecular weight excluding hydrogens is 136 g/mol. The topological polar surface area (TPSA) is 17.1 Å². The lowest BCUT2D eigenvalue weighted by molar-refractivity contribution is -0.127. The maximum atomic E-state index is 11.5. The number of ketones is 1. The summed E-state index contributed by atoms with van der Waals surface area (Å²) in [5.41, 5.74) is 0.442. The van der Waals surface area contributed by atoms with Crippen LogP contribution in [0, 0.1) is 23.2 Å². The number of rotatable bonds is 0. The average molecular weight is 152 g/mol. The molecule has 2 aliphatic rings. The van der Waals surface area contributed by atoms with Gasteiger partial charge in [-0.1, -0.05) is 20.8 Å². The first-order valence-corrected chi connectivity index (χ1v) is 4.56. The number of hydrogen-bond acceptors (Lipinski definition) is 1. The average Bonchev–Trinajstić information content (AvgIpc) is 2.60. The normalized spacial score (nSPS) is 46.8. The van der Waals surface area contributed by atoms with Crippen molar-refractivity contribution >= 4 is 5.78 Å². The zero-order valence-corrected chi connectivity index (χ0v) is 7.55. The van der Waals surface area contributed by atoms with Crippen LogP contribution >= 0.6 is 0 Å². The van der Waals surface area contributed by atoms with Crippen LogP contribution in [0.15, 0.2) is 0 Å². The Morgan fingerprint density at radius 3 is 2.73 bits per heavy atom. The summed E-state index contributed by atoms with van der Waals surface area (Å²) in [6.45, 7) is 6.69. The Morgan fingerprint density at radius 2 is 2.09 bits per heavy atom. The molecule has 0 spiro atoms. The lowest BCUT2D eigenvalue weighted by atomic mass is 9.72. The lowest BCUT2D eigenvalue weighted by Gasteiger charge is -2.32. The molecule has 1 nitrogen and oxygen atoms in total. The first-order valence-electron chi connectivity index (χ1n) is 4.56. The maximum Gasteiger partial charge on any atom is 0.139 e. The minimum absolute atomic E-state index is 0.328. The Morgan fingerprint density at radius 1 is 1.45 bits per heavy atom. The monoisotopic (exact) mass is 152 g/mol. The lowest BCUT2D eigenvalue weighted by Crippen LogP contribution is -2.30. The maximum absolute atomic E-state index is 11.5. The first kappa shape index (κ1) is 7.33. The molecule has 2 aliphatic carbocycles. The van der Waals surface area contributed by atoms with Gasteiger partial charge in [0.15, 0.2) is 0 Å². The zero-order chi connectivity index (χ0) is 8.22. The van der Waals surface area contributed by atoms with Crippen LogP contribution in [0.25, 0.3) is 0 Å². The SMILES string of the molecule is CC1CC(C)(C)C2CC2C1=O. The van der Waals surface area contributed by atoms with Crippen LogP contribution in [-0.2, 0) is 4.79 Å². The van der Waals surface area contributed by atoms with Gasteiger partial charge >= 0.3 is 0 Å². The fourth-order valence-corrected chi connectivity index (χ4v) is 2.78. The zero-order valence-electron chi connectivity index (χ0n) is 7.55. The van der Waals surface area contributed by atoms with Gasteiger partial charge in [-0.15, -0.1) is 0 Å². The van der Waals surface area contributed by atoms with Crippen LogP contribution in [0.1, 0.15) is 33.6 Å². The highest BCUT2D eigenvalue weighted by Gasteiger charge is 2.56. The van der Waals surface area contributed by atoms with Gasteiger partial charge in [0.1, 0.15) is 5.78 Å². The molecule has 0 aliphatic heterocycles. The summed E-state index contributed by atoms with van der Waals surface area (Å²) >= 11 is 0. The van der Waals surface area contributed by atoms with Crippen molar-refractivity contribution in [3.63, 3.8) is 0 Å². The van der Waals surface area contributed by atoms with E-state index in [1.807, 2.05) is 0 Å². The van der Waals surface area contributed by atoms with Gasteiger partial charge in [-0.05, 0) is 24.2 Å². The smallest absolute Gasteiger partial charge is 0.139 e. The van der Waals surface area contributed by atoms with Crippen LogP contribution in [0.4, 0.5) is 0 Å². The molecule has 0 aromatic heterocycles. The fraction of sp³-hybridized carbons (Fsp3) is 0.900. The molecule has 3 atom stereocenters. The highest BCUT2D eigenvalue weighted by molar-refractivity contribution is 5.87. The third-order valence-electron chi connectivity index (χ3n) is 3.48. The summed E-state index contributed by atoms with van der Waals surface area (Å²) in [5.74, 6) is 2.04. The predicted molar refractivity (Wildman–Crippen MR) is 44.2 cm³/mol. The van der Waals surface area contributed by atoms with Gasteiger partial charge in [-0.3, -0.25) is 4.79 Å². The highest BCUT2D eigenvalue weighted by atomic mass is 16.1. The van der Waals surface area contributed by atoms with Gasteiger partial charge in [0.25, 0.3) is 0 Å². The molecule has 62 valence electrons. The molecular formula is C10H16O. The molecule has 0 bridgehead atoms. The molecule has 0 heterocycles. The second kappa shape index (κ2) is 1.88. The van der Waals surface area contributed by atoms with Crippen molar-refractivity contribution in [1.29, 1.82) is 0 Å². The van der Waals surface area contributed by atoms with Crippen molar-refractivity contribution in [2.45, 2.75) is 33.6 Å². The van der Waals surface area contributed by atoms with E-state index in [1.165, 1.54) is 6.42 Å². The van der Waals surface area contributed by atoms with Crippen molar-refractivity contribution in [1.82, 2.24) is 0 Å². The van der Waals surface area contributed by atoms with E-state index in [1.54, 1.807) is 0 Å². The van der Waals surface area contributed by atoms with E-state index in [0.717, 1.165) is 12.3 Å². The van der Waals surface area contributed by atoms with Gasteiger partial charge in [0, 0.05) is 11.8 Å². The predicted octanol–water partition coefficient (Wildman–Crippen LogP) is 2.26. The van der Waals surface area contributed by atoms with Crippen LogP contribution in [0.2, 0.25) is 0 Å². The van der Waals surface area contributed by atoms with E-state index in [2.05, 4.69) is 20.8 Å². The summed E-state index contributed by atoms with van der Waals surface area (Å²) in [6, 6.07) is 0. The minimum atomic E-state index is 0.328. The number of fused-ring (bicyclic) bond motifs is 1. The standard InChI is InChI=1S/C10H16O/c1-6-5-10(2,3)8-4-7(8)9(6)11/h6-8H,4-5H2,1-3H3. The third-order valence-corrected chi connectivity index (χ3v) is 3.48. The number of Topliss-reactive ketones (excluding diaryl/α,β-unsaturated/α-hetero) is 1. The molecule has 0 N–H and O–H groups in total. The summed E-state index contributed by atoms with van der Waals surface area (Å²) in [4.78, 5) is 11.5. The highest BCUT2D eigenvalue weighted by Crippen LogP contribution is 2.58. The second-order valence-electron chi connectivity index (χ2n) is 4.94. The molecule has 2 saturated carbocycles. The second-order valence-corrected chi connectivity index (χ2v) is 4.94. The van der Waals surface area contributed by atoms with Crippen LogP contribution in [-0.4, -0.2) is 5.78 Å². The first-order chi connectivity index (χ1) is 5.02. The molecule has 2 rings (SSSR count). The Labute approximate surface area is 68.2 Å². The number of carbonyl (C=O) groups is 1.